The van der Waals surface area contributed by atoms with E-state index in [0.717, 1.165) is 72.9 Å². The normalized spacial score (nSPS) is 16.6. The number of ether oxygens (including phenoxy) is 2. The third-order valence-corrected chi connectivity index (χ3v) is 6.13. The molecule has 3 heterocycles. The molecule has 1 aromatic heterocycles. The molecule has 0 bridgehead atoms. The zero-order chi connectivity index (χ0) is 22.8. The third kappa shape index (κ3) is 4.39. The highest BCUT2D eigenvalue weighted by Gasteiger charge is 2.35. The zero-order valence-corrected chi connectivity index (χ0v) is 19.3. The molecule has 172 valence electrons. The fraction of sp³-hybridized carbons (Fsp3) is 0.360. The second-order valence-corrected chi connectivity index (χ2v) is 8.96. The highest BCUT2D eigenvalue weighted by atomic mass is 16.5. The van der Waals surface area contributed by atoms with Crippen molar-refractivity contribution in [3.63, 3.8) is 0 Å². The van der Waals surface area contributed by atoms with Crippen LogP contribution >= 0.6 is 0 Å². The number of methoxy groups -OCH3 is 1. The van der Waals surface area contributed by atoms with Gasteiger partial charge in [0.15, 0.2) is 0 Å². The maximum Gasteiger partial charge on any atom is 0.231 e. The van der Waals surface area contributed by atoms with Gasteiger partial charge in [-0.05, 0) is 24.3 Å². The van der Waals surface area contributed by atoms with Crippen molar-refractivity contribution in [2.45, 2.75) is 19.3 Å². The van der Waals surface area contributed by atoms with Crippen LogP contribution in [-0.4, -0.2) is 49.9 Å². The molecule has 8 nitrogen and oxygen atoms in total. The molecular weight excluding hydrogens is 416 g/mol. The van der Waals surface area contributed by atoms with Gasteiger partial charge in [0.05, 0.1) is 26.0 Å². The average molecular weight is 447 g/mol. The summed E-state index contributed by atoms with van der Waals surface area (Å²) in [5.74, 6) is 2.90. The van der Waals surface area contributed by atoms with E-state index < -0.39 is 0 Å². The molecule has 3 N–H and O–H groups in total. The highest BCUT2D eigenvalue weighted by molar-refractivity contribution is 5.74. The lowest BCUT2D eigenvalue weighted by Crippen LogP contribution is -2.36. The van der Waals surface area contributed by atoms with Gasteiger partial charge in [-0.3, -0.25) is 0 Å². The highest BCUT2D eigenvalue weighted by Crippen LogP contribution is 2.41. The molecule has 5 rings (SSSR count). The Kier molecular flexibility index (Phi) is 5.68. The summed E-state index contributed by atoms with van der Waals surface area (Å²) in [5.41, 5.74) is 3.93. The number of anilines is 6. The van der Waals surface area contributed by atoms with Gasteiger partial charge in [0.1, 0.15) is 17.4 Å². The van der Waals surface area contributed by atoms with E-state index >= 15 is 0 Å². The van der Waals surface area contributed by atoms with E-state index in [1.54, 1.807) is 7.11 Å². The van der Waals surface area contributed by atoms with E-state index in [4.69, 9.17) is 19.4 Å². The molecule has 0 aliphatic carbocycles. The van der Waals surface area contributed by atoms with E-state index in [1.807, 2.05) is 42.5 Å². The summed E-state index contributed by atoms with van der Waals surface area (Å²) in [6.07, 6.45) is 0. The Balaban J connectivity index is 1.47. The second-order valence-electron chi connectivity index (χ2n) is 8.96. The SMILES string of the molecule is COc1cc(N2CCOCC2)ccc1Nc1nc2c(c(Nc3ccccc3)n1)C(C)(C)CN2. The van der Waals surface area contributed by atoms with Gasteiger partial charge in [0, 0.05) is 48.1 Å². The van der Waals surface area contributed by atoms with Crippen molar-refractivity contribution in [3.8, 4) is 5.75 Å². The molecule has 0 saturated carbocycles. The van der Waals surface area contributed by atoms with Crippen molar-refractivity contribution in [3.05, 3.63) is 54.1 Å². The van der Waals surface area contributed by atoms with Crippen molar-refractivity contribution in [1.82, 2.24) is 9.97 Å². The predicted molar refractivity (Wildman–Crippen MR) is 133 cm³/mol. The Morgan fingerprint density at radius 3 is 2.58 bits per heavy atom. The lowest BCUT2D eigenvalue weighted by atomic mass is 9.88. The monoisotopic (exact) mass is 446 g/mol. The first kappa shape index (κ1) is 21.3. The summed E-state index contributed by atoms with van der Waals surface area (Å²) in [5, 5.41) is 10.3. The molecule has 2 aromatic carbocycles. The predicted octanol–water partition coefficient (Wildman–Crippen LogP) is 4.51. The minimum absolute atomic E-state index is 0.0809. The topological polar surface area (TPSA) is 83.6 Å². The lowest BCUT2D eigenvalue weighted by molar-refractivity contribution is 0.122. The molecular formula is C25H30N6O2. The Labute approximate surface area is 194 Å². The summed E-state index contributed by atoms with van der Waals surface area (Å²) in [7, 11) is 1.68. The molecule has 1 fully saturated rings. The van der Waals surface area contributed by atoms with Gasteiger partial charge in [-0.2, -0.15) is 9.97 Å². The number of para-hydroxylation sites is 1. The number of rotatable bonds is 6. The van der Waals surface area contributed by atoms with E-state index in [0.29, 0.717) is 5.95 Å². The quantitative estimate of drug-likeness (QED) is 0.510. The van der Waals surface area contributed by atoms with Gasteiger partial charge < -0.3 is 30.3 Å². The molecule has 0 radical (unpaired) electrons. The van der Waals surface area contributed by atoms with Gasteiger partial charge >= 0.3 is 0 Å². The fourth-order valence-corrected chi connectivity index (χ4v) is 4.35. The van der Waals surface area contributed by atoms with Crippen LogP contribution in [0.25, 0.3) is 0 Å². The lowest BCUT2D eigenvalue weighted by Gasteiger charge is -2.29. The Bertz CT molecular complexity index is 1130. The molecule has 1 saturated heterocycles. The summed E-state index contributed by atoms with van der Waals surface area (Å²) in [6, 6.07) is 16.2. The maximum atomic E-state index is 5.69. The van der Waals surface area contributed by atoms with Crippen LogP contribution in [0.2, 0.25) is 0 Å². The van der Waals surface area contributed by atoms with Gasteiger partial charge in [0.2, 0.25) is 5.95 Å². The van der Waals surface area contributed by atoms with Gasteiger partial charge in [-0.15, -0.1) is 0 Å². The largest absolute Gasteiger partial charge is 0.494 e. The van der Waals surface area contributed by atoms with Crippen LogP contribution in [0.4, 0.5) is 34.6 Å². The second kappa shape index (κ2) is 8.78. The molecule has 0 atom stereocenters. The Hall–Kier alpha value is -3.52. The van der Waals surface area contributed by atoms with E-state index in [9.17, 15) is 0 Å². The summed E-state index contributed by atoms with van der Waals surface area (Å²) >= 11 is 0. The Morgan fingerprint density at radius 1 is 1.03 bits per heavy atom. The standard InChI is InChI=1S/C25H30N6O2/c1-25(2)16-26-22-21(25)23(27-17-7-5-4-6-8-17)30-24(29-22)28-19-10-9-18(15-20(19)32-3)31-11-13-33-14-12-31/h4-10,15H,11-14,16H2,1-3H3,(H3,26,27,28,29,30). The number of fused-ring (bicyclic) bond motifs is 1. The molecule has 3 aromatic rings. The van der Waals surface area contributed by atoms with Crippen LogP contribution < -0.4 is 25.6 Å². The molecule has 2 aliphatic rings. The molecule has 0 spiro atoms. The minimum Gasteiger partial charge on any atom is -0.494 e. The van der Waals surface area contributed by atoms with Crippen molar-refractivity contribution in [2.24, 2.45) is 0 Å². The smallest absolute Gasteiger partial charge is 0.231 e. The van der Waals surface area contributed by atoms with Crippen molar-refractivity contribution >= 4 is 34.6 Å². The van der Waals surface area contributed by atoms with Crippen LogP contribution in [0.1, 0.15) is 19.4 Å². The first-order valence-electron chi connectivity index (χ1n) is 11.3. The van der Waals surface area contributed by atoms with Crippen LogP contribution in [0.3, 0.4) is 0 Å². The van der Waals surface area contributed by atoms with Crippen LogP contribution in [-0.2, 0) is 10.2 Å². The zero-order valence-electron chi connectivity index (χ0n) is 19.3. The van der Waals surface area contributed by atoms with Crippen molar-refractivity contribution < 1.29 is 9.47 Å². The summed E-state index contributed by atoms with van der Waals surface area (Å²) in [4.78, 5) is 11.9. The van der Waals surface area contributed by atoms with Crippen molar-refractivity contribution in [1.29, 1.82) is 0 Å². The van der Waals surface area contributed by atoms with E-state index in [-0.39, 0.29) is 5.41 Å². The number of morpholine rings is 1. The van der Waals surface area contributed by atoms with E-state index in [2.05, 4.69) is 40.8 Å². The average Bonchev–Trinajstić information content (AvgIpc) is 3.15. The number of hydrogen-bond donors (Lipinski definition) is 3. The van der Waals surface area contributed by atoms with Gasteiger partial charge in [-0.25, -0.2) is 0 Å². The molecule has 0 amide bonds. The minimum atomic E-state index is -0.0809. The van der Waals surface area contributed by atoms with Gasteiger partial charge in [-0.1, -0.05) is 32.0 Å². The Morgan fingerprint density at radius 2 is 1.82 bits per heavy atom. The van der Waals surface area contributed by atoms with Crippen molar-refractivity contribution in [2.75, 3.05) is 60.8 Å². The molecule has 33 heavy (non-hydrogen) atoms. The summed E-state index contributed by atoms with van der Waals surface area (Å²) in [6.45, 7) is 8.44. The molecule has 0 unspecified atom stereocenters. The molecule has 2 aliphatic heterocycles. The summed E-state index contributed by atoms with van der Waals surface area (Å²) < 4.78 is 11.2. The van der Waals surface area contributed by atoms with Crippen LogP contribution in [0, 0.1) is 0 Å². The first-order valence-corrected chi connectivity index (χ1v) is 11.3. The third-order valence-electron chi connectivity index (χ3n) is 6.13. The fourth-order valence-electron chi connectivity index (χ4n) is 4.35. The van der Waals surface area contributed by atoms with Crippen LogP contribution in [0.5, 0.6) is 5.75 Å². The maximum absolute atomic E-state index is 5.69. The number of benzene rings is 2. The molecule has 8 heteroatoms. The number of hydrogen-bond acceptors (Lipinski definition) is 8. The first-order chi connectivity index (χ1) is 16.0. The number of aromatic nitrogens is 2. The number of nitrogens with one attached hydrogen (secondary N) is 3. The van der Waals surface area contributed by atoms with Crippen LogP contribution in [0.15, 0.2) is 48.5 Å². The van der Waals surface area contributed by atoms with E-state index in [1.165, 1.54) is 0 Å². The number of nitrogens with zero attached hydrogens (tertiary/aromatic N) is 3. The van der Waals surface area contributed by atoms with Gasteiger partial charge in [0.25, 0.3) is 0 Å².